The average molecular weight is 276 g/mol. The van der Waals surface area contributed by atoms with E-state index in [4.69, 9.17) is 10.2 Å². The summed E-state index contributed by atoms with van der Waals surface area (Å²) in [6.07, 6.45) is 0. The number of oxazole rings is 1. The van der Waals surface area contributed by atoms with Gasteiger partial charge in [0, 0.05) is 19.8 Å². The summed E-state index contributed by atoms with van der Waals surface area (Å²) in [5, 5.41) is 0. The zero-order chi connectivity index (χ0) is 14.7. The van der Waals surface area contributed by atoms with E-state index in [9.17, 15) is 4.79 Å². The molecule has 0 bridgehead atoms. The summed E-state index contributed by atoms with van der Waals surface area (Å²) in [5.74, 6) is 0.659. The lowest BCUT2D eigenvalue weighted by Crippen LogP contribution is -2.36. The maximum Gasteiger partial charge on any atom is 0.236 e. The first kappa shape index (κ1) is 14.3. The van der Waals surface area contributed by atoms with Crippen LogP contribution in [0.3, 0.4) is 0 Å². The van der Waals surface area contributed by atoms with Crippen molar-refractivity contribution in [2.75, 3.05) is 32.9 Å². The van der Waals surface area contributed by atoms with Crippen LogP contribution in [0.1, 0.15) is 12.8 Å². The van der Waals surface area contributed by atoms with Crippen LogP contribution >= 0.6 is 0 Å². The van der Waals surface area contributed by atoms with Crippen LogP contribution in [0, 0.1) is 0 Å². The van der Waals surface area contributed by atoms with E-state index in [0.29, 0.717) is 30.3 Å². The van der Waals surface area contributed by atoms with Crippen molar-refractivity contribution in [2.24, 2.45) is 0 Å². The number of amides is 1. The van der Waals surface area contributed by atoms with Crippen LogP contribution in [0.15, 0.2) is 22.6 Å². The highest BCUT2D eigenvalue weighted by molar-refractivity contribution is 5.78. The number of rotatable bonds is 5. The van der Waals surface area contributed by atoms with Crippen LogP contribution in [0.5, 0.6) is 0 Å². The van der Waals surface area contributed by atoms with Gasteiger partial charge in [0.1, 0.15) is 5.52 Å². The molecule has 20 heavy (non-hydrogen) atoms. The smallest absolute Gasteiger partial charge is 0.236 e. The highest BCUT2D eigenvalue weighted by atomic mass is 16.3. The SMILES string of the molecule is CCN(CC(=O)N(C)C)Cc1nc2cc(N)ccc2o1. The van der Waals surface area contributed by atoms with E-state index in [1.54, 1.807) is 31.1 Å². The van der Waals surface area contributed by atoms with Gasteiger partial charge in [0.2, 0.25) is 11.8 Å². The minimum Gasteiger partial charge on any atom is -0.439 e. The van der Waals surface area contributed by atoms with Crippen LogP contribution in [0.2, 0.25) is 0 Å². The van der Waals surface area contributed by atoms with Gasteiger partial charge in [-0.05, 0) is 24.7 Å². The first-order chi connectivity index (χ1) is 9.49. The molecule has 1 aromatic carbocycles. The van der Waals surface area contributed by atoms with E-state index < -0.39 is 0 Å². The molecule has 108 valence electrons. The second-order valence-electron chi connectivity index (χ2n) is 4.93. The van der Waals surface area contributed by atoms with Gasteiger partial charge in [-0.2, -0.15) is 0 Å². The monoisotopic (exact) mass is 276 g/mol. The first-order valence-electron chi connectivity index (χ1n) is 6.57. The van der Waals surface area contributed by atoms with Gasteiger partial charge in [0.15, 0.2) is 5.58 Å². The predicted molar refractivity (Wildman–Crippen MR) is 78.1 cm³/mol. The van der Waals surface area contributed by atoms with Gasteiger partial charge in [0.25, 0.3) is 0 Å². The third-order valence-electron chi connectivity index (χ3n) is 3.12. The third kappa shape index (κ3) is 3.27. The Balaban J connectivity index is 2.11. The lowest BCUT2D eigenvalue weighted by atomic mass is 10.3. The molecule has 2 rings (SSSR count). The zero-order valence-electron chi connectivity index (χ0n) is 12.1. The molecular formula is C14H20N4O2. The number of benzene rings is 1. The summed E-state index contributed by atoms with van der Waals surface area (Å²) < 4.78 is 5.66. The molecule has 2 aromatic rings. The minimum atomic E-state index is 0.0622. The fourth-order valence-electron chi connectivity index (χ4n) is 1.86. The topological polar surface area (TPSA) is 75.6 Å². The van der Waals surface area contributed by atoms with E-state index >= 15 is 0 Å². The maximum absolute atomic E-state index is 11.7. The van der Waals surface area contributed by atoms with Crippen molar-refractivity contribution in [2.45, 2.75) is 13.5 Å². The lowest BCUT2D eigenvalue weighted by Gasteiger charge is -2.20. The van der Waals surface area contributed by atoms with Crippen molar-refractivity contribution in [1.82, 2.24) is 14.8 Å². The standard InChI is InChI=1S/C14H20N4O2/c1-4-18(9-14(19)17(2)3)8-13-16-11-7-10(15)5-6-12(11)20-13/h5-7H,4,8-9,15H2,1-3H3. The maximum atomic E-state index is 11.7. The van der Waals surface area contributed by atoms with Crippen LogP contribution < -0.4 is 5.73 Å². The molecular weight excluding hydrogens is 256 g/mol. The Hall–Kier alpha value is -2.08. The van der Waals surface area contributed by atoms with Gasteiger partial charge in [-0.3, -0.25) is 9.69 Å². The second kappa shape index (κ2) is 5.92. The number of hydrogen-bond acceptors (Lipinski definition) is 5. The molecule has 0 spiro atoms. The molecule has 0 aliphatic heterocycles. The van der Waals surface area contributed by atoms with E-state index in [1.165, 1.54) is 0 Å². The number of aromatic nitrogens is 1. The minimum absolute atomic E-state index is 0.0622. The van der Waals surface area contributed by atoms with Crippen molar-refractivity contribution in [3.05, 3.63) is 24.1 Å². The van der Waals surface area contributed by atoms with Crippen molar-refractivity contribution < 1.29 is 9.21 Å². The zero-order valence-corrected chi connectivity index (χ0v) is 12.1. The fraction of sp³-hybridized carbons (Fsp3) is 0.429. The van der Waals surface area contributed by atoms with Gasteiger partial charge in [-0.1, -0.05) is 6.92 Å². The van der Waals surface area contributed by atoms with E-state index in [-0.39, 0.29) is 5.91 Å². The Morgan fingerprint density at radius 3 is 2.80 bits per heavy atom. The number of carbonyl (C=O) groups excluding carboxylic acids is 1. The number of nitrogen functional groups attached to an aromatic ring is 1. The summed E-state index contributed by atoms with van der Waals surface area (Å²) in [6.45, 7) is 3.61. The van der Waals surface area contributed by atoms with Gasteiger partial charge >= 0.3 is 0 Å². The quantitative estimate of drug-likeness (QED) is 0.834. The van der Waals surface area contributed by atoms with Gasteiger partial charge in [-0.25, -0.2) is 4.98 Å². The van der Waals surface area contributed by atoms with Gasteiger partial charge in [-0.15, -0.1) is 0 Å². The summed E-state index contributed by atoms with van der Waals surface area (Å²) >= 11 is 0. The molecule has 6 nitrogen and oxygen atoms in total. The number of carbonyl (C=O) groups is 1. The van der Waals surface area contributed by atoms with Gasteiger partial charge < -0.3 is 15.1 Å². The number of nitrogens with zero attached hydrogens (tertiary/aromatic N) is 3. The van der Waals surface area contributed by atoms with Crippen molar-refractivity contribution in [1.29, 1.82) is 0 Å². The molecule has 1 amide bonds. The predicted octanol–water partition coefficient (Wildman–Crippen LogP) is 1.32. The van der Waals surface area contributed by atoms with Crippen molar-refractivity contribution in [3.8, 4) is 0 Å². The molecule has 6 heteroatoms. The second-order valence-corrected chi connectivity index (χ2v) is 4.93. The highest BCUT2D eigenvalue weighted by Gasteiger charge is 2.14. The number of hydrogen-bond donors (Lipinski definition) is 1. The molecule has 2 N–H and O–H groups in total. The van der Waals surface area contributed by atoms with E-state index in [0.717, 1.165) is 12.1 Å². The van der Waals surface area contributed by atoms with Crippen LogP contribution in [0.25, 0.3) is 11.1 Å². The van der Waals surface area contributed by atoms with E-state index in [1.807, 2.05) is 17.9 Å². The lowest BCUT2D eigenvalue weighted by molar-refractivity contribution is -0.130. The number of nitrogens with two attached hydrogens (primary N) is 1. The molecule has 0 unspecified atom stereocenters. The molecule has 0 saturated carbocycles. The Morgan fingerprint density at radius 1 is 1.40 bits per heavy atom. The summed E-state index contributed by atoms with van der Waals surface area (Å²) in [7, 11) is 3.50. The highest BCUT2D eigenvalue weighted by Crippen LogP contribution is 2.19. The number of fused-ring (bicyclic) bond motifs is 1. The average Bonchev–Trinajstić information content (AvgIpc) is 2.78. The summed E-state index contributed by atoms with van der Waals surface area (Å²) in [6, 6.07) is 5.37. The largest absolute Gasteiger partial charge is 0.439 e. The molecule has 0 radical (unpaired) electrons. The van der Waals surface area contributed by atoms with Crippen molar-refractivity contribution in [3.63, 3.8) is 0 Å². The Bertz CT molecular complexity index is 606. The molecule has 1 aromatic heterocycles. The number of anilines is 1. The molecule has 0 fully saturated rings. The molecule has 0 aliphatic carbocycles. The Labute approximate surface area is 118 Å². The van der Waals surface area contributed by atoms with Gasteiger partial charge in [0.05, 0.1) is 13.1 Å². The Kier molecular flexibility index (Phi) is 4.24. The molecule has 0 saturated heterocycles. The normalized spacial score (nSPS) is 11.2. The Morgan fingerprint density at radius 2 is 2.15 bits per heavy atom. The molecule has 0 aliphatic rings. The third-order valence-corrected chi connectivity index (χ3v) is 3.12. The van der Waals surface area contributed by atoms with Crippen LogP contribution in [0.4, 0.5) is 5.69 Å². The first-order valence-corrected chi connectivity index (χ1v) is 6.57. The van der Waals surface area contributed by atoms with Crippen LogP contribution in [-0.2, 0) is 11.3 Å². The number of likely N-dealkylation sites (N-methyl/N-ethyl adjacent to an activating group) is 2. The fourth-order valence-corrected chi connectivity index (χ4v) is 1.86. The molecule has 0 atom stereocenters. The van der Waals surface area contributed by atoms with Crippen LogP contribution in [-0.4, -0.2) is 47.9 Å². The summed E-state index contributed by atoms with van der Waals surface area (Å²) in [4.78, 5) is 19.7. The van der Waals surface area contributed by atoms with E-state index in [2.05, 4.69) is 4.98 Å². The van der Waals surface area contributed by atoms with Crippen molar-refractivity contribution >= 4 is 22.7 Å². The summed E-state index contributed by atoms with van der Waals surface area (Å²) in [5.41, 5.74) is 7.83. The molecule has 1 heterocycles.